The van der Waals surface area contributed by atoms with Gasteiger partial charge >= 0.3 is 0 Å². The quantitative estimate of drug-likeness (QED) is 0.733. The van der Waals surface area contributed by atoms with E-state index in [0.29, 0.717) is 31.5 Å². The van der Waals surface area contributed by atoms with E-state index in [1.165, 1.54) is 19.3 Å². The molecule has 1 saturated heterocycles. The van der Waals surface area contributed by atoms with E-state index in [9.17, 15) is 8.42 Å². The van der Waals surface area contributed by atoms with Crippen LogP contribution in [0.15, 0.2) is 0 Å². The minimum Gasteiger partial charge on any atom is -0.317 e. The molecule has 6 heteroatoms. The average Bonchev–Trinajstić information content (AvgIpc) is 2.35. The summed E-state index contributed by atoms with van der Waals surface area (Å²) in [5.41, 5.74) is 0. The van der Waals surface area contributed by atoms with Crippen molar-refractivity contribution >= 4 is 10.2 Å². The maximum atomic E-state index is 12.1. The molecule has 0 atom stereocenters. The highest BCUT2D eigenvalue weighted by molar-refractivity contribution is 7.87. The monoisotopic (exact) mass is 289 g/mol. The van der Waals surface area contributed by atoms with Crippen LogP contribution in [0, 0.1) is 11.8 Å². The Morgan fingerprint density at radius 1 is 1.05 bits per heavy atom. The molecule has 0 aromatic heterocycles. The van der Waals surface area contributed by atoms with Crippen molar-refractivity contribution in [3.05, 3.63) is 0 Å². The maximum absolute atomic E-state index is 12.1. The molecule has 19 heavy (non-hydrogen) atoms. The summed E-state index contributed by atoms with van der Waals surface area (Å²) < 4.78 is 28.7. The molecule has 2 fully saturated rings. The molecule has 1 heterocycles. The van der Waals surface area contributed by atoms with Crippen LogP contribution >= 0.6 is 0 Å². The van der Waals surface area contributed by atoms with Crippen LogP contribution in [0.1, 0.15) is 39.0 Å². The van der Waals surface area contributed by atoms with Crippen molar-refractivity contribution in [2.75, 3.05) is 32.7 Å². The van der Waals surface area contributed by atoms with E-state index in [0.717, 1.165) is 25.9 Å². The van der Waals surface area contributed by atoms with Gasteiger partial charge in [0.2, 0.25) is 0 Å². The van der Waals surface area contributed by atoms with Gasteiger partial charge in [0, 0.05) is 19.6 Å². The van der Waals surface area contributed by atoms with E-state index >= 15 is 0 Å². The number of piperidine rings is 1. The molecule has 1 aliphatic carbocycles. The Balaban J connectivity index is 1.72. The number of rotatable bonds is 7. The van der Waals surface area contributed by atoms with Crippen LogP contribution in [-0.4, -0.2) is 45.4 Å². The Hall–Kier alpha value is -0.170. The second-order valence-electron chi connectivity index (χ2n) is 5.80. The lowest BCUT2D eigenvalue weighted by molar-refractivity contribution is 0.262. The van der Waals surface area contributed by atoms with Crippen LogP contribution in [0.2, 0.25) is 0 Å². The normalized spacial score (nSPS) is 23.4. The minimum absolute atomic E-state index is 0.570. The molecule has 1 saturated carbocycles. The van der Waals surface area contributed by atoms with Crippen molar-refractivity contribution in [1.82, 2.24) is 14.3 Å². The SMILES string of the molecule is CCNCC1CCN(S(=O)(=O)NCC2CCC2)CC1. The van der Waals surface area contributed by atoms with Crippen molar-refractivity contribution in [2.45, 2.75) is 39.0 Å². The number of hydrogen-bond acceptors (Lipinski definition) is 3. The van der Waals surface area contributed by atoms with Gasteiger partial charge in [0.15, 0.2) is 0 Å². The number of hydrogen-bond donors (Lipinski definition) is 2. The highest BCUT2D eigenvalue weighted by Gasteiger charge is 2.28. The van der Waals surface area contributed by atoms with Gasteiger partial charge in [0.1, 0.15) is 0 Å². The first kappa shape index (κ1) is 15.2. The summed E-state index contributed by atoms with van der Waals surface area (Å²) in [7, 11) is -3.24. The van der Waals surface area contributed by atoms with Crippen molar-refractivity contribution in [3.8, 4) is 0 Å². The highest BCUT2D eigenvalue weighted by Crippen LogP contribution is 2.26. The molecule has 0 bridgehead atoms. The Labute approximate surface area is 117 Å². The van der Waals surface area contributed by atoms with E-state index in [4.69, 9.17) is 0 Å². The fraction of sp³-hybridized carbons (Fsp3) is 1.00. The molecular weight excluding hydrogens is 262 g/mol. The van der Waals surface area contributed by atoms with E-state index in [-0.39, 0.29) is 0 Å². The zero-order valence-electron chi connectivity index (χ0n) is 11.9. The van der Waals surface area contributed by atoms with Gasteiger partial charge in [0.05, 0.1) is 0 Å². The Bertz CT molecular complexity index is 360. The van der Waals surface area contributed by atoms with Gasteiger partial charge in [-0.3, -0.25) is 0 Å². The molecule has 0 aromatic rings. The summed E-state index contributed by atoms with van der Waals surface area (Å²) in [6.07, 6.45) is 5.54. The minimum atomic E-state index is -3.24. The molecule has 2 rings (SSSR count). The van der Waals surface area contributed by atoms with Gasteiger partial charge in [0.25, 0.3) is 10.2 Å². The van der Waals surface area contributed by atoms with Crippen molar-refractivity contribution in [1.29, 1.82) is 0 Å². The molecule has 5 nitrogen and oxygen atoms in total. The lowest BCUT2D eigenvalue weighted by Gasteiger charge is -2.32. The lowest BCUT2D eigenvalue weighted by Crippen LogP contribution is -2.47. The first-order chi connectivity index (χ1) is 9.12. The Morgan fingerprint density at radius 2 is 1.68 bits per heavy atom. The second-order valence-corrected chi connectivity index (χ2v) is 7.56. The summed E-state index contributed by atoms with van der Waals surface area (Å²) in [5, 5.41) is 3.34. The van der Waals surface area contributed by atoms with Crippen molar-refractivity contribution in [2.24, 2.45) is 11.8 Å². The van der Waals surface area contributed by atoms with E-state index < -0.39 is 10.2 Å². The van der Waals surface area contributed by atoms with Crippen LogP contribution < -0.4 is 10.0 Å². The summed E-state index contributed by atoms with van der Waals surface area (Å²) in [5.74, 6) is 1.19. The van der Waals surface area contributed by atoms with Gasteiger partial charge in [-0.25, -0.2) is 4.72 Å². The Morgan fingerprint density at radius 3 is 2.21 bits per heavy atom. The molecule has 0 aromatic carbocycles. The van der Waals surface area contributed by atoms with Gasteiger partial charge in [-0.2, -0.15) is 12.7 Å². The lowest BCUT2D eigenvalue weighted by atomic mass is 9.86. The highest BCUT2D eigenvalue weighted by atomic mass is 32.2. The van der Waals surface area contributed by atoms with Crippen LogP contribution in [0.3, 0.4) is 0 Å². The summed E-state index contributed by atoms with van der Waals surface area (Å²) >= 11 is 0. The first-order valence-corrected chi connectivity index (χ1v) is 9.01. The molecule has 0 spiro atoms. The maximum Gasteiger partial charge on any atom is 0.279 e. The zero-order valence-corrected chi connectivity index (χ0v) is 12.7. The third-order valence-corrected chi connectivity index (χ3v) is 5.95. The number of nitrogens with one attached hydrogen (secondary N) is 2. The molecule has 2 N–H and O–H groups in total. The zero-order chi connectivity index (χ0) is 13.7. The summed E-state index contributed by atoms with van der Waals surface area (Å²) in [6, 6.07) is 0. The van der Waals surface area contributed by atoms with Crippen LogP contribution in [-0.2, 0) is 10.2 Å². The van der Waals surface area contributed by atoms with Gasteiger partial charge in [-0.05, 0) is 50.6 Å². The van der Waals surface area contributed by atoms with Crippen molar-refractivity contribution < 1.29 is 8.42 Å². The molecule has 0 unspecified atom stereocenters. The first-order valence-electron chi connectivity index (χ1n) is 7.57. The standard InChI is InChI=1S/C13H27N3O2S/c1-2-14-10-13-6-8-16(9-7-13)19(17,18)15-11-12-4-3-5-12/h12-15H,2-11H2,1H3. The molecular formula is C13H27N3O2S. The van der Waals surface area contributed by atoms with Crippen LogP contribution in [0.5, 0.6) is 0 Å². The van der Waals surface area contributed by atoms with Gasteiger partial charge in [-0.15, -0.1) is 0 Å². The van der Waals surface area contributed by atoms with E-state index in [1.54, 1.807) is 4.31 Å². The average molecular weight is 289 g/mol. The predicted octanol–water partition coefficient (Wildman–Crippen LogP) is 0.942. The van der Waals surface area contributed by atoms with Crippen molar-refractivity contribution in [3.63, 3.8) is 0 Å². The van der Waals surface area contributed by atoms with Crippen LogP contribution in [0.25, 0.3) is 0 Å². The Kier molecular flexibility index (Phi) is 5.62. The molecule has 112 valence electrons. The predicted molar refractivity (Wildman–Crippen MR) is 77.1 cm³/mol. The van der Waals surface area contributed by atoms with E-state index in [1.807, 2.05) is 0 Å². The molecule has 1 aliphatic heterocycles. The third-order valence-electron chi connectivity index (χ3n) is 4.38. The third kappa shape index (κ3) is 4.41. The summed E-state index contributed by atoms with van der Waals surface area (Å²) in [6.45, 7) is 6.05. The number of nitrogens with zero attached hydrogens (tertiary/aromatic N) is 1. The fourth-order valence-electron chi connectivity index (χ4n) is 2.71. The van der Waals surface area contributed by atoms with E-state index in [2.05, 4.69) is 17.0 Å². The fourth-order valence-corrected chi connectivity index (χ4v) is 4.03. The second kappa shape index (κ2) is 7.02. The van der Waals surface area contributed by atoms with Crippen LogP contribution in [0.4, 0.5) is 0 Å². The largest absolute Gasteiger partial charge is 0.317 e. The molecule has 2 aliphatic rings. The topological polar surface area (TPSA) is 61.4 Å². The summed E-state index contributed by atoms with van der Waals surface area (Å²) in [4.78, 5) is 0. The molecule has 0 amide bonds. The van der Waals surface area contributed by atoms with Gasteiger partial charge in [-0.1, -0.05) is 13.3 Å². The smallest absolute Gasteiger partial charge is 0.279 e. The molecule has 0 radical (unpaired) electrons. The van der Waals surface area contributed by atoms with Gasteiger partial charge < -0.3 is 5.32 Å².